The van der Waals surface area contributed by atoms with E-state index < -0.39 is 0 Å². The van der Waals surface area contributed by atoms with E-state index in [1.165, 1.54) is 24.0 Å². The van der Waals surface area contributed by atoms with Gasteiger partial charge in [0, 0.05) is 4.87 Å². The average Bonchev–Trinajstić information content (AvgIpc) is 2.21. The number of hydrogen-bond acceptors (Lipinski definition) is 0. The molecule has 1 aliphatic rings. The first-order valence-corrected chi connectivity index (χ1v) is 5.31. The van der Waals surface area contributed by atoms with Crippen LogP contribution in [0, 0.1) is 0 Å². The molecule has 2 rings (SSSR count). The van der Waals surface area contributed by atoms with Crippen molar-refractivity contribution < 1.29 is 0 Å². The SMILES string of the molecule is CC1(Cl)CCCc2ccccc2C1. The minimum absolute atomic E-state index is 0.0212. The number of alkyl halides is 1. The summed E-state index contributed by atoms with van der Waals surface area (Å²) in [6, 6.07) is 8.67. The normalized spacial score (nSPS) is 27.8. The van der Waals surface area contributed by atoms with Crippen molar-refractivity contribution in [2.75, 3.05) is 0 Å². The molecule has 0 N–H and O–H groups in total. The van der Waals surface area contributed by atoms with Crippen LogP contribution in [0.3, 0.4) is 0 Å². The van der Waals surface area contributed by atoms with Crippen molar-refractivity contribution in [3.8, 4) is 0 Å². The van der Waals surface area contributed by atoms with Gasteiger partial charge >= 0.3 is 0 Å². The van der Waals surface area contributed by atoms with Gasteiger partial charge in [-0.25, -0.2) is 0 Å². The molecular weight excluding hydrogens is 180 g/mol. The molecule has 0 fully saturated rings. The van der Waals surface area contributed by atoms with Crippen molar-refractivity contribution in [1.29, 1.82) is 0 Å². The largest absolute Gasteiger partial charge is 0.119 e. The molecule has 1 atom stereocenters. The Balaban J connectivity index is 2.34. The fourth-order valence-corrected chi connectivity index (χ4v) is 2.38. The van der Waals surface area contributed by atoms with E-state index in [2.05, 4.69) is 31.2 Å². The summed E-state index contributed by atoms with van der Waals surface area (Å²) in [6.07, 6.45) is 4.56. The first-order valence-electron chi connectivity index (χ1n) is 4.93. The fourth-order valence-electron chi connectivity index (χ4n) is 2.11. The summed E-state index contributed by atoms with van der Waals surface area (Å²) in [5, 5.41) is 0. The predicted octanol–water partition coefficient (Wildman–Crippen LogP) is 3.56. The first kappa shape index (κ1) is 9.08. The van der Waals surface area contributed by atoms with Gasteiger partial charge in [-0.15, -0.1) is 11.6 Å². The lowest BCUT2D eigenvalue weighted by atomic mass is 9.98. The molecule has 1 aromatic carbocycles. The standard InChI is InChI=1S/C12H15Cl/c1-12(13)8-4-7-10-5-2-3-6-11(10)9-12/h2-3,5-6H,4,7-9H2,1H3. The number of aryl methyl sites for hydroxylation is 1. The molecule has 0 heterocycles. The van der Waals surface area contributed by atoms with E-state index in [0.717, 1.165) is 12.8 Å². The van der Waals surface area contributed by atoms with Crippen LogP contribution in [0.15, 0.2) is 24.3 Å². The summed E-state index contributed by atoms with van der Waals surface area (Å²) in [6.45, 7) is 2.15. The average molecular weight is 195 g/mol. The van der Waals surface area contributed by atoms with E-state index in [1.54, 1.807) is 0 Å². The molecule has 70 valence electrons. The van der Waals surface area contributed by atoms with Gasteiger partial charge in [0.2, 0.25) is 0 Å². The van der Waals surface area contributed by atoms with Crippen LogP contribution in [-0.2, 0) is 12.8 Å². The maximum absolute atomic E-state index is 6.40. The van der Waals surface area contributed by atoms with Crippen molar-refractivity contribution >= 4 is 11.6 Å². The Labute approximate surface area is 84.9 Å². The highest BCUT2D eigenvalue weighted by Crippen LogP contribution is 2.31. The topological polar surface area (TPSA) is 0 Å². The monoisotopic (exact) mass is 194 g/mol. The smallest absolute Gasteiger partial charge is 0.0459 e. The Kier molecular flexibility index (Phi) is 2.33. The van der Waals surface area contributed by atoms with E-state index >= 15 is 0 Å². The zero-order chi connectivity index (χ0) is 9.31. The van der Waals surface area contributed by atoms with E-state index in [-0.39, 0.29) is 4.87 Å². The zero-order valence-corrected chi connectivity index (χ0v) is 8.77. The lowest BCUT2D eigenvalue weighted by molar-refractivity contribution is 0.566. The Morgan fingerprint density at radius 2 is 1.92 bits per heavy atom. The predicted molar refractivity (Wildman–Crippen MR) is 57.3 cm³/mol. The Hall–Kier alpha value is -0.490. The summed E-state index contributed by atoms with van der Waals surface area (Å²) < 4.78 is 0. The molecule has 0 nitrogen and oxygen atoms in total. The van der Waals surface area contributed by atoms with Crippen molar-refractivity contribution in [2.45, 2.75) is 37.5 Å². The Morgan fingerprint density at radius 1 is 1.23 bits per heavy atom. The number of hydrogen-bond donors (Lipinski definition) is 0. The third kappa shape index (κ3) is 2.05. The molecule has 1 heteroatoms. The lowest BCUT2D eigenvalue weighted by Gasteiger charge is -2.19. The van der Waals surface area contributed by atoms with Gasteiger partial charge in [0.25, 0.3) is 0 Å². The van der Waals surface area contributed by atoms with Gasteiger partial charge in [-0.05, 0) is 43.7 Å². The third-order valence-electron chi connectivity index (χ3n) is 2.82. The van der Waals surface area contributed by atoms with Crippen LogP contribution >= 0.6 is 11.6 Å². The molecule has 0 radical (unpaired) electrons. The van der Waals surface area contributed by atoms with E-state index in [1.807, 2.05) is 0 Å². The second kappa shape index (κ2) is 3.34. The quantitative estimate of drug-likeness (QED) is 0.438. The van der Waals surface area contributed by atoms with Gasteiger partial charge in [-0.1, -0.05) is 24.3 Å². The second-order valence-electron chi connectivity index (χ2n) is 4.21. The number of benzene rings is 1. The summed E-state index contributed by atoms with van der Waals surface area (Å²) in [5.41, 5.74) is 2.93. The molecule has 0 spiro atoms. The number of fused-ring (bicyclic) bond motifs is 1. The van der Waals surface area contributed by atoms with Crippen molar-refractivity contribution in [3.63, 3.8) is 0 Å². The van der Waals surface area contributed by atoms with Crippen LogP contribution in [0.4, 0.5) is 0 Å². The molecule has 1 aliphatic carbocycles. The van der Waals surface area contributed by atoms with Crippen LogP contribution in [0.2, 0.25) is 0 Å². The van der Waals surface area contributed by atoms with Crippen LogP contribution in [0.25, 0.3) is 0 Å². The molecular formula is C12H15Cl. The van der Waals surface area contributed by atoms with E-state index in [9.17, 15) is 0 Å². The third-order valence-corrected chi connectivity index (χ3v) is 3.14. The molecule has 0 saturated heterocycles. The Morgan fingerprint density at radius 3 is 2.69 bits per heavy atom. The maximum atomic E-state index is 6.40. The molecule has 0 aromatic heterocycles. The van der Waals surface area contributed by atoms with Crippen molar-refractivity contribution in [2.24, 2.45) is 0 Å². The van der Waals surface area contributed by atoms with Crippen LogP contribution in [0.5, 0.6) is 0 Å². The Bertz CT molecular complexity index is 302. The summed E-state index contributed by atoms with van der Waals surface area (Å²) in [4.78, 5) is -0.0212. The second-order valence-corrected chi connectivity index (χ2v) is 5.12. The van der Waals surface area contributed by atoms with Crippen LogP contribution in [0.1, 0.15) is 30.9 Å². The molecule has 0 amide bonds. The van der Waals surface area contributed by atoms with Crippen LogP contribution in [-0.4, -0.2) is 4.87 Å². The number of halogens is 1. The van der Waals surface area contributed by atoms with Gasteiger partial charge in [0.05, 0.1) is 0 Å². The fraction of sp³-hybridized carbons (Fsp3) is 0.500. The lowest BCUT2D eigenvalue weighted by Crippen LogP contribution is -2.18. The highest BCUT2D eigenvalue weighted by molar-refractivity contribution is 6.23. The molecule has 1 unspecified atom stereocenters. The van der Waals surface area contributed by atoms with Crippen molar-refractivity contribution in [3.05, 3.63) is 35.4 Å². The molecule has 13 heavy (non-hydrogen) atoms. The maximum Gasteiger partial charge on any atom is 0.0459 e. The number of rotatable bonds is 0. The van der Waals surface area contributed by atoms with Crippen LogP contribution < -0.4 is 0 Å². The van der Waals surface area contributed by atoms with Gasteiger partial charge in [-0.3, -0.25) is 0 Å². The highest BCUT2D eigenvalue weighted by Gasteiger charge is 2.24. The minimum Gasteiger partial charge on any atom is -0.119 e. The van der Waals surface area contributed by atoms with Gasteiger partial charge in [-0.2, -0.15) is 0 Å². The summed E-state index contributed by atoms with van der Waals surface area (Å²) in [5.74, 6) is 0. The summed E-state index contributed by atoms with van der Waals surface area (Å²) in [7, 11) is 0. The molecule has 0 saturated carbocycles. The van der Waals surface area contributed by atoms with E-state index in [0.29, 0.717) is 0 Å². The van der Waals surface area contributed by atoms with Gasteiger partial charge in [0.15, 0.2) is 0 Å². The molecule has 0 aliphatic heterocycles. The minimum atomic E-state index is -0.0212. The molecule has 0 bridgehead atoms. The highest BCUT2D eigenvalue weighted by atomic mass is 35.5. The molecule has 1 aromatic rings. The van der Waals surface area contributed by atoms with Crippen molar-refractivity contribution in [1.82, 2.24) is 0 Å². The zero-order valence-electron chi connectivity index (χ0n) is 8.02. The van der Waals surface area contributed by atoms with E-state index in [4.69, 9.17) is 11.6 Å². The summed E-state index contributed by atoms with van der Waals surface area (Å²) >= 11 is 6.40. The first-order chi connectivity index (χ1) is 6.17. The van der Waals surface area contributed by atoms with Gasteiger partial charge < -0.3 is 0 Å². The van der Waals surface area contributed by atoms with Gasteiger partial charge in [0.1, 0.15) is 0 Å².